The predicted molar refractivity (Wildman–Crippen MR) is 46.1 cm³/mol. The zero-order chi connectivity index (χ0) is 8.27. The molecule has 0 radical (unpaired) electrons. The Morgan fingerprint density at radius 1 is 1.82 bits per heavy atom. The summed E-state index contributed by atoms with van der Waals surface area (Å²) in [4.78, 5) is 8.33. The van der Waals surface area contributed by atoms with Crippen LogP contribution in [0.15, 0.2) is 5.16 Å². The van der Waals surface area contributed by atoms with Crippen molar-refractivity contribution in [2.24, 2.45) is 5.16 Å². The average molecular weight is 192 g/mol. The van der Waals surface area contributed by atoms with Crippen LogP contribution in [0.1, 0.15) is 5.69 Å². The molecule has 1 aromatic heterocycles. The number of oxime groups is 1. The van der Waals surface area contributed by atoms with Gasteiger partial charge in [0.1, 0.15) is 17.1 Å². The van der Waals surface area contributed by atoms with E-state index in [0.29, 0.717) is 15.2 Å². The van der Waals surface area contributed by atoms with Gasteiger partial charge in [0.15, 0.2) is 5.13 Å². The van der Waals surface area contributed by atoms with Crippen molar-refractivity contribution in [3.05, 3.63) is 10.0 Å². The summed E-state index contributed by atoms with van der Waals surface area (Å²) in [6, 6.07) is 0. The second-order valence-electron chi connectivity index (χ2n) is 1.63. The zero-order valence-electron chi connectivity index (χ0n) is 5.74. The Balaban J connectivity index is 2.85. The number of rotatable bonds is 2. The summed E-state index contributed by atoms with van der Waals surface area (Å²) >= 11 is 6.91. The normalized spacial score (nSPS) is 10.7. The van der Waals surface area contributed by atoms with Gasteiger partial charge in [-0.1, -0.05) is 28.1 Å². The van der Waals surface area contributed by atoms with Gasteiger partial charge in [0.2, 0.25) is 0 Å². The molecule has 0 aromatic carbocycles. The number of hydrogen-bond donors (Lipinski definition) is 1. The van der Waals surface area contributed by atoms with E-state index in [1.807, 2.05) is 0 Å². The molecule has 0 atom stereocenters. The monoisotopic (exact) mass is 191 g/mol. The maximum atomic E-state index is 5.71. The minimum atomic E-state index is 0.424. The van der Waals surface area contributed by atoms with Crippen molar-refractivity contribution in [1.29, 1.82) is 0 Å². The van der Waals surface area contributed by atoms with Crippen LogP contribution in [0.4, 0.5) is 5.13 Å². The zero-order valence-corrected chi connectivity index (χ0v) is 7.32. The van der Waals surface area contributed by atoms with Gasteiger partial charge >= 0.3 is 0 Å². The van der Waals surface area contributed by atoms with E-state index in [-0.39, 0.29) is 0 Å². The van der Waals surface area contributed by atoms with Gasteiger partial charge in [0, 0.05) is 0 Å². The Kier molecular flexibility index (Phi) is 2.67. The summed E-state index contributed by atoms with van der Waals surface area (Å²) in [5, 5.41) is 3.92. The van der Waals surface area contributed by atoms with Crippen molar-refractivity contribution in [1.82, 2.24) is 4.98 Å². The number of halogens is 1. The number of nitrogens with two attached hydrogens (primary N) is 1. The van der Waals surface area contributed by atoms with Crippen LogP contribution in [0.25, 0.3) is 0 Å². The Labute approximate surface area is 72.6 Å². The lowest BCUT2D eigenvalue weighted by Gasteiger charge is -1.83. The van der Waals surface area contributed by atoms with E-state index in [0.717, 1.165) is 0 Å². The van der Waals surface area contributed by atoms with E-state index < -0.39 is 0 Å². The van der Waals surface area contributed by atoms with Crippen LogP contribution < -0.4 is 5.73 Å². The Hall–Kier alpha value is -0.810. The van der Waals surface area contributed by atoms with Gasteiger partial charge in [0.25, 0.3) is 0 Å². The molecule has 1 aromatic rings. The molecule has 0 aliphatic carbocycles. The molecule has 0 aliphatic heterocycles. The first-order valence-electron chi connectivity index (χ1n) is 2.72. The topological polar surface area (TPSA) is 60.5 Å². The first kappa shape index (κ1) is 8.29. The van der Waals surface area contributed by atoms with Crippen molar-refractivity contribution in [2.45, 2.75) is 0 Å². The second kappa shape index (κ2) is 3.54. The molecule has 4 nitrogen and oxygen atoms in total. The lowest BCUT2D eigenvalue weighted by atomic mass is 10.5. The van der Waals surface area contributed by atoms with E-state index in [1.54, 1.807) is 0 Å². The molecule has 0 saturated heterocycles. The third kappa shape index (κ3) is 2.06. The average Bonchev–Trinajstić information content (AvgIpc) is 2.26. The van der Waals surface area contributed by atoms with Gasteiger partial charge in [0.05, 0.1) is 6.21 Å². The van der Waals surface area contributed by atoms with Gasteiger partial charge < -0.3 is 10.6 Å². The third-order valence-electron chi connectivity index (χ3n) is 0.907. The van der Waals surface area contributed by atoms with E-state index in [1.165, 1.54) is 24.7 Å². The third-order valence-corrected chi connectivity index (χ3v) is 2.02. The molecule has 1 heterocycles. The first-order chi connectivity index (χ1) is 5.24. The van der Waals surface area contributed by atoms with Crippen molar-refractivity contribution < 1.29 is 4.84 Å². The number of hydrogen-bond acceptors (Lipinski definition) is 5. The highest BCUT2D eigenvalue weighted by Crippen LogP contribution is 2.24. The van der Waals surface area contributed by atoms with Crippen LogP contribution in [-0.4, -0.2) is 18.3 Å². The summed E-state index contributed by atoms with van der Waals surface area (Å²) in [5.41, 5.74) is 5.91. The van der Waals surface area contributed by atoms with Gasteiger partial charge in [-0.2, -0.15) is 0 Å². The SMILES string of the molecule is CO/N=C/c1nc(N)sc1Cl. The summed E-state index contributed by atoms with van der Waals surface area (Å²) in [5.74, 6) is 0. The fourth-order valence-corrected chi connectivity index (χ4v) is 1.37. The van der Waals surface area contributed by atoms with E-state index >= 15 is 0 Å². The fraction of sp³-hybridized carbons (Fsp3) is 0.200. The largest absolute Gasteiger partial charge is 0.399 e. The molecule has 0 spiro atoms. The molecule has 6 heteroatoms. The Bertz CT molecular complexity index is 273. The highest BCUT2D eigenvalue weighted by molar-refractivity contribution is 7.19. The Morgan fingerprint density at radius 2 is 2.55 bits per heavy atom. The molecule has 11 heavy (non-hydrogen) atoms. The Morgan fingerprint density at radius 3 is 3.00 bits per heavy atom. The molecule has 0 fully saturated rings. The summed E-state index contributed by atoms with van der Waals surface area (Å²) in [6.07, 6.45) is 1.41. The van der Waals surface area contributed by atoms with Crippen LogP contribution >= 0.6 is 22.9 Å². The van der Waals surface area contributed by atoms with Crippen molar-refractivity contribution in [3.63, 3.8) is 0 Å². The van der Waals surface area contributed by atoms with Crippen LogP contribution in [0.2, 0.25) is 4.34 Å². The lowest BCUT2D eigenvalue weighted by molar-refractivity contribution is 0.215. The smallest absolute Gasteiger partial charge is 0.182 e. The highest BCUT2D eigenvalue weighted by atomic mass is 35.5. The van der Waals surface area contributed by atoms with Gasteiger partial charge in [-0.25, -0.2) is 4.98 Å². The standard InChI is InChI=1S/C5H6ClN3OS/c1-10-8-2-3-4(6)11-5(7)9-3/h2H,1H3,(H2,7,9)/b8-2+. The van der Waals surface area contributed by atoms with E-state index in [9.17, 15) is 0 Å². The van der Waals surface area contributed by atoms with Crippen LogP contribution in [0, 0.1) is 0 Å². The molecule has 0 amide bonds. The molecule has 0 unspecified atom stereocenters. The maximum absolute atomic E-state index is 5.71. The molecule has 1 rings (SSSR count). The van der Waals surface area contributed by atoms with Gasteiger partial charge in [-0.3, -0.25) is 0 Å². The van der Waals surface area contributed by atoms with Crippen molar-refractivity contribution in [2.75, 3.05) is 12.8 Å². The molecule has 60 valence electrons. The highest BCUT2D eigenvalue weighted by Gasteiger charge is 2.03. The number of anilines is 1. The van der Waals surface area contributed by atoms with Crippen molar-refractivity contribution >= 4 is 34.3 Å². The molecule has 0 aliphatic rings. The lowest BCUT2D eigenvalue weighted by Crippen LogP contribution is -1.85. The number of nitrogens with zero attached hydrogens (tertiary/aromatic N) is 2. The first-order valence-corrected chi connectivity index (χ1v) is 3.92. The molecular weight excluding hydrogens is 186 g/mol. The van der Waals surface area contributed by atoms with E-state index in [2.05, 4.69) is 15.0 Å². The molecule has 0 saturated carbocycles. The number of nitrogen functional groups attached to an aromatic ring is 1. The van der Waals surface area contributed by atoms with Crippen LogP contribution in [0.3, 0.4) is 0 Å². The number of aromatic nitrogens is 1. The predicted octanol–water partition coefficient (Wildman–Crippen LogP) is 1.36. The van der Waals surface area contributed by atoms with Gasteiger partial charge in [-0.05, 0) is 0 Å². The fourth-order valence-electron chi connectivity index (χ4n) is 0.512. The van der Waals surface area contributed by atoms with Crippen LogP contribution in [0.5, 0.6) is 0 Å². The number of thiazole rings is 1. The summed E-state index contributed by atoms with van der Waals surface area (Å²) < 4.78 is 0.517. The minimum Gasteiger partial charge on any atom is -0.399 e. The molecular formula is C5H6ClN3OS. The van der Waals surface area contributed by atoms with Gasteiger partial charge in [-0.15, -0.1) is 0 Å². The second-order valence-corrected chi connectivity index (χ2v) is 3.26. The molecule has 0 bridgehead atoms. The van der Waals surface area contributed by atoms with Crippen LogP contribution in [-0.2, 0) is 4.84 Å². The maximum Gasteiger partial charge on any atom is 0.182 e. The quantitative estimate of drug-likeness (QED) is 0.567. The summed E-state index contributed by atoms with van der Waals surface area (Å²) in [7, 11) is 1.44. The van der Waals surface area contributed by atoms with Crippen molar-refractivity contribution in [3.8, 4) is 0 Å². The minimum absolute atomic E-state index is 0.424. The molecule has 2 N–H and O–H groups in total. The summed E-state index contributed by atoms with van der Waals surface area (Å²) in [6.45, 7) is 0. The van der Waals surface area contributed by atoms with E-state index in [4.69, 9.17) is 17.3 Å².